The summed E-state index contributed by atoms with van der Waals surface area (Å²) in [6, 6.07) is 6.10. The van der Waals surface area contributed by atoms with Crippen molar-refractivity contribution in [3.63, 3.8) is 0 Å². The third kappa shape index (κ3) is 2.52. The Morgan fingerprint density at radius 2 is 1.91 bits per heavy atom. The van der Waals surface area contributed by atoms with Crippen LogP contribution in [0, 0.1) is 20.8 Å². The molecule has 0 bridgehead atoms. The molecule has 0 amide bonds. The molecule has 0 atom stereocenters. The Balaban J connectivity index is 1.75. The summed E-state index contributed by atoms with van der Waals surface area (Å²) < 4.78 is 4.21. The lowest BCUT2D eigenvalue weighted by molar-refractivity contribution is 0.629. The fraction of sp³-hybridized carbons (Fsp3) is 0.412. The third-order valence-electron chi connectivity index (χ3n) is 4.25. The normalized spacial score (nSPS) is 11.5. The monoisotopic (exact) mass is 297 g/mol. The molecule has 3 aromatic rings. The second-order valence-electron chi connectivity index (χ2n) is 5.64. The zero-order chi connectivity index (χ0) is 15.7. The predicted molar refractivity (Wildman–Crippen MR) is 87.8 cm³/mol. The van der Waals surface area contributed by atoms with Crippen LogP contribution in [-0.2, 0) is 19.6 Å². The van der Waals surface area contributed by atoms with Crippen molar-refractivity contribution in [2.75, 3.05) is 0 Å². The van der Waals surface area contributed by atoms with Gasteiger partial charge in [0.25, 0.3) is 0 Å². The highest BCUT2D eigenvalue weighted by Gasteiger charge is 2.11. The molecule has 5 nitrogen and oxygen atoms in total. The first-order chi connectivity index (χ1) is 10.6. The van der Waals surface area contributed by atoms with Gasteiger partial charge in [-0.3, -0.25) is 4.68 Å². The Kier molecular flexibility index (Phi) is 3.98. The van der Waals surface area contributed by atoms with E-state index in [0.717, 1.165) is 36.7 Å². The molecule has 0 aliphatic carbocycles. The number of nitrogens with zero attached hydrogens (tertiary/aromatic N) is 4. The first-order valence-electron chi connectivity index (χ1n) is 7.78. The van der Waals surface area contributed by atoms with Crippen molar-refractivity contribution < 1.29 is 0 Å². The highest BCUT2D eigenvalue weighted by molar-refractivity contribution is 5.42. The SMILES string of the molecule is CCn1nc(C)c(CNCc2c(C)nc3ccccn23)c1C. The van der Waals surface area contributed by atoms with Gasteiger partial charge in [-0.2, -0.15) is 5.10 Å². The number of pyridine rings is 1. The highest BCUT2D eigenvalue weighted by atomic mass is 15.3. The van der Waals surface area contributed by atoms with Gasteiger partial charge in [0, 0.05) is 37.1 Å². The van der Waals surface area contributed by atoms with Crippen LogP contribution < -0.4 is 5.32 Å². The molecule has 0 unspecified atom stereocenters. The molecule has 22 heavy (non-hydrogen) atoms. The number of fused-ring (bicyclic) bond motifs is 1. The van der Waals surface area contributed by atoms with Gasteiger partial charge in [-0.25, -0.2) is 4.98 Å². The van der Waals surface area contributed by atoms with Crippen LogP contribution in [0.2, 0.25) is 0 Å². The minimum atomic E-state index is 0.799. The molecular weight excluding hydrogens is 274 g/mol. The molecule has 3 rings (SSSR count). The van der Waals surface area contributed by atoms with Gasteiger partial charge in [0.15, 0.2) is 0 Å². The Morgan fingerprint density at radius 3 is 2.64 bits per heavy atom. The summed E-state index contributed by atoms with van der Waals surface area (Å²) in [6.45, 7) is 11.0. The predicted octanol–water partition coefficient (Wildman–Crippen LogP) is 2.77. The summed E-state index contributed by atoms with van der Waals surface area (Å²) in [6.07, 6.45) is 2.07. The van der Waals surface area contributed by atoms with Crippen molar-refractivity contribution in [2.45, 2.75) is 47.3 Å². The van der Waals surface area contributed by atoms with E-state index in [-0.39, 0.29) is 0 Å². The smallest absolute Gasteiger partial charge is 0.137 e. The molecule has 0 aliphatic heterocycles. The number of hydrogen-bond donors (Lipinski definition) is 1. The molecule has 3 aromatic heterocycles. The van der Waals surface area contributed by atoms with Crippen LogP contribution in [0.1, 0.15) is 35.3 Å². The molecular formula is C17H23N5. The molecule has 3 heterocycles. The van der Waals surface area contributed by atoms with E-state index in [4.69, 9.17) is 0 Å². The van der Waals surface area contributed by atoms with Gasteiger partial charge < -0.3 is 9.72 Å². The first-order valence-corrected chi connectivity index (χ1v) is 7.78. The van der Waals surface area contributed by atoms with Crippen LogP contribution in [-0.4, -0.2) is 19.2 Å². The van der Waals surface area contributed by atoms with E-state index in [2.05, 4.69) is 58.4 Å². The van der Waals surface area contributed by atoms with E-state index in [9.17, 15) is 0 Å². The fourth-order valence-electron chi connectivity index (χ4n) is 2.98. The van der Waals surface area contributed by atoms with Crippen LogP contribution in [0.3, 0.4) is 0 Å². The fourth-order valence-corrected chi connectivity index (χ4v) is 2.98. The molecule has 0 fully saturated rings. The second-order valence-corrected chi connectivity index (χ2v) is 5.64. The maximum Gasteiger partial charge on any atom is 0.137 e. The molecule has 5 heteroatoms. The minimum absolute atomic E-state index is 0.799. The van der Waals surface area contributed by atoms with Crippen LogP contribution in [0.5, 0.6) is 0 Å². The topological polar surface area (TPSA) is 47.2 Å². The quantitative estimate of drug-likeness (QED) is 0.787. The number of hydrogen-bond acceptors (Lipinski definition) is 3. The van der Waals surface area contributed by atoms with Crippen molar-refractivity contribution in [3.8, 4) is 0 Å². The Hall–Kier alpha value is -2.14. The van der Waals surface area contributed by atoms with Crippen LogP contribution >= 0.6 is 0 Å². The summed E-state index contributed by atoms with van der Waals surface area (Å²) in [5.41, 5.74) is 6.96. The van der Waals surface area contributed by atoms with Crippen LogP contribution in [0.4, 0.5) is 0 Å². The molecule has 0 spiro atoms. The summed E-state index contributed by atoms with van der Waals surface area (Å²) in [5, 5.41) is 8.11. The van der Waals surface area contributed by atoms with Gasteiger partial charge in [-0.15, -0.1) is 0 Å². The Bertz CT molecular complexity index is 797. The molecule has 0 saturated carbocycles. The third-order valence-corrected chi connectivity index (χ3v) is 4.25. The number of nitrogens with one attached hydrogen (secondary N) is 1. The largest absolute Gasteiger partial charge is 0.307 e. The van der Waals surface area contributed by atoms with E-state index < -0.39 is 0 Å². The summed E-state index contributed by atoms with van der Waals surface area (Å²) in [4.78, 5) is 4.60. The summed E-state index contributed by atoms with van der Waals surface area (Å²) in [7, 11) is 0. The van der Waals surface area contributed by atoms with Crippen LogP contribution in [0.25, 0.3) is 5.65 Å². The average Bonchev–Trinajstić information content (AvgIpc) is 2.97. The van der Waals surface area contributed by atoms with E-state index in [1.165, 1.54) is 17.0 Å². The summed E-state index contributed by atoms with van der Waals surface area (Å²) >= 11 is 0. The Morgan fingerprint density at radius 1 is 1.09 bits per heavy atom. The van der Waals surface area contributed by atoms with Gasteiger partial charge in [0.2, 0.25) is 0 Å². The van der Waals surface area contributed by atoms with Crippen molar-refractivity contribution in [1.29, 1.82) is 0 Å². The molecule has 116 valence electrons. The maximum absolute atomic E-state index is 4.60. The zero-order valence-corrected chi connectivity index (χ0v) is 13.7. The lowest BCUT2D eigenvalue weighted by Gasteiger charge is -2.07. The molecule has 0 saturated heterocycles. The summed E-state index contributed by atoms with van der Waals surface area (Å²) in [5.74, 6) is 0. The van der Waals surface area contributed by atoms with Crippen molar-refractivity contribution in [1.82, 2.24) is 24.5 Å². The van der Waals surface area contributed by atoms with Crippen molar-refractivity contribution in [3.05, 3.63) is 52.7 Å². The number of aryl methyl sites for hydroxylation is 3. The first kappa shape index (κ1) is 14.8. The van der Waals surface area contributed by atoms with Gasteiger partial charge in [0.05, 0.1) is 17.1 Å². The van der Waals surface area contributed by atoms with E-state index in [1.807, 2.05) is 18.2 Å². The number of imidazole rings is 1. The Labute approximate surface area is 131 Å². The number of aromatic nitrogens is 4. The lowest BCUT2D eigenvalue weighted by Crippen LogP contribution is -2.16. The van der Waals surface area contributed by atoms with Crippen LogP contribution in [0.15, 0.2) is 24.4 Å². The van der Waals surface area contributed by atoms with Crippen molar-refractivity contribution >= 4 is 5.65 Å². The standard InChI is InChI=1S/C17H23N5/c1-5-22-14(4)15(12(2)20-22)10-18-11-16-13(3)19-17-8-6-7-9-21(16)17/h6-9,18H,5,10-11H2,1-4H3. The van der Waals surface area contributed by atoms with E-state index in [1.54, 1.807) is 0 Å². The molecule has 1 N–H and O–H groups in total. The number of rotatable bonds is 5. The minimum Gasteiger partial charge on any atom is -0.307 e. The molecule has 0 radical (unpaired) electrons. The van der Waals surface area contributed by atoms with Gasteiger partial charge in [0.1, 0.15) is 5.65 Å². The lowest BCUT2D eigenvalue weighted by atomic mass is 10.2. The van der Waals surface area contributed by atoms with E-state index >= 15 is 0 Å². The van der Waals surface area contributed by atoms with Crippen molar-refractivity contribution in [2.24, 2.45) is 0 Å². The van der Waals surface area contributed by atoms with Gasteiger partial charge >= 0.3 is 0 Å². The zero-order valence-electron chi connectivity index (χ0n) is 13.7. The second kappa shape index (κ2) is 5.93. The molecule has 0 aliphatic rings. The molecule has 0 aromatic carbocycles. The maximum atomic E-state index is 4.60. The van der Waals surface area contributed by atoms with Gasteiger partial charge in [-0.1, -0.05) is 6.07 Å². The average molecular weight is 297 g/mol. The van der Waals surface area contributed by atoms with E-state index in [0.29, 0.717) is 0 Å². The highest BCUT2D eigenvalue weighted by Crippen LogP contribution is 2.14. The van der Waals surface area contributed by atoms with Gasteiger partial charge in [-0.05, 0) is 39.8 Å².